The molecule has 0 radical (unpaired) electrons. The number of carbonyl (C=O) groups is 1. The average molecular weight is 321 g/mol. The van der Waals surface area contributed by atoms with Crippen molar-refractivity contribution in [1.82, 2.24) is 4.72 Å². The molecule has 0 saturated heterocycles. The van der Waals surface area contributed by atoms with Crippen LogP contribution in [0.1, 0.15) is 15.9 Å². The maximum absolute atomic E-state index is 12.2. The van der Waals surface area contributed by atoms with Gasteiger partial charge in [0.2, 0.25) is 10.0 Å². The van der Waals surface area contributed by atoms with E-state index in [0.717, 1.165) is 0 Å². The van der Waals surface area contributed by atoms with Gasteiger partial charge in [0.05, 0.1) is 17.6 Å². The van der Waals surface area contributed by atoms with Gasteiger partial charge in [0, 0.05) is 6.54 Å². The number of carboxylic acids is 1. The van der Waals surface area contributed by atoms with Gasteiger partial charge in [-0.25, -0.2) is 17.9 Å². The Kier molecular flexibility index (Phi) is 4.79. The molecule has 22 heavy (non-hydrogen) atoms. The Bertz CT molecular complexity index is 769. The van der Waals surface area contributed by atoms with Gasteiger partial charge >= 0.3 is 5.97 Å². The van der Waals surface area contributed by atoms with E-state index in [1.54, 1.807) is 24.3 Å². The third-order valence-corrected chi connectivity index (χ3v) is 4.43. The molecule has 7 heteroatoms. The Morgan fingerprint density at radius 2 is 1.86 bits per heavy atom. The molecule has 2 rings (SSSR count). The van der Waals surface area contributed by atoms with Crippen molar-refractivity contribution >= 4 is 16.0 Å². The van der Waals surface area contributed by atoms with Crippen LogP contribution in [-0.2, 0) is 16.6 Å². The molecule has 0 spiro atoms. The Hall–Kier alpha value is -2.38. The molecule has 0 unspecified atom stereocenters. The number of rotatable bonds is 6. The van der Waals surface area contributed by atoms with Gasteiger partial charge in [-0.2, -0.15) is 0 Å². The fourth-order valence-corrected chi connectivity index (χ4v) is 2.85. The SMILES string of the molecule is COc1ccc(S(=O)(=O)NCc2cccc(C(=O)O)c2)cc1. The first kappa shape index (κ1) is 16.0. The summed E-state index contributed by atoms with van der Waals surface area (Å²) in [5.74, 6) is -0.493. The van der Waals surface area contributed by atoms with E-state index < -0.39 is 16.0 Å². The van der Waals surface area contributed by atoms with E-state index in [-0.39, 0.29) is 17.0 Å². The summed E-state index contributed by atoms with van der Waals surface area (Å²) < 4.78 is 31.7. The molecular weight excluding hydrogens is 306 g/mol. The minimum absolute atomic E-state index is 0.00941. The van der Waals surface area contributed by atoms with Crippen molar-refractivity contribution < 1.29 is 23.1 Å². The van der Waals surface area contributed by atoms with Gasteiger partial charge in [0.25, 0.3) is 0 Å². The zero-order valence-corrected chi connectivity index (χ0v) is 12.6. The topological polar surface area (TPSA) is 92.7 Å². The van der Waals surface area contributed by atoms with Gasteiger partial charge in [-0.05, 0) is 42.0 Å². The summed E-state index contributed by atoms with van der Waals surface area (Å²) in [6.07, 6.45) is 0. The van der Waals surface area contributed by atoms with Crippen molar-refractivity contribution in [3.8, 4) is 5.75 Å². The normalized spacial score (nSPS) is 11.1. The summed E-state index contributed by atoms with van der Waals surface area (Å²) in [5.41, 5.74) is 0.679. The number of sulfonamides is 1. The number of nitrogens with one attached hydrogen (secondary N) is 1. The van der Waals surface area contributed by atoms with Crippen LogP contribution >= 0.6 is 0 Å². The van der Waals surface area contributed by atoms with Crippen molar-refractivity contribution in [2.75, 3.05) is 7.11 Å². The van der Waals surface area contributed by atoms with Gasteiger partial charge in [-0.1, -0.05) is 12.1 Å². The second kappa shape index (κ2) is 6.59. The molecule has 0 aliphatic rings. The molecule has 2 aromatic rings. The molecule has 2 aromatic carbocycles. The molecular formula is C15H15NO5S. The highest BCUT2D eigenvalue weighted by atomic mass is 32.2. The van der Waals surface area contributed by atoms with Crippen molar-refractivity contribution in [1.29, 1.82) is 0 Å². The van der Waals surface area contributed by atoms with Crippen molar-refractivity contribution in [3.05, 3.63) is 59.7 Å². The smallest absolute Gasteiger partial charge is 0.335 e. The monoisotopic (exact) mass is 321 g/mol. The lowest BCUT2D eigenvalue weighted by Crippen LogP contribution is -2.23. The third-order valence-electron chi connectivity index (χ3n) is 3.01. The molecule has 2 N–H and O–H groups in total. The molecule has 0 aliphatic carbocycles. The lowest BCUT2D eigenvalue weighted by atomic mass is 10.1. The van der Waals surface area contributed by atoms with Crippen LogP contribution < -0.4 is 9.46 Å². The highest BCUT2D eigenvalue weighted by Crippen LogP contribution is 2.15. The molecule has 0 aliphatic heterocycles. The van der Waals surface area contributed by atoms with E-state index in [1.165, 1.54) is 31.4 Å². The number of carboxylic acid groups (broad SMARTS) is 1. The van der Waals surface area contributed by atoms with Crippen LogP contribution in [0.2, 0.25) is 0 Å². The minimum atomic E-state index is -3.67. The number of methoxy groups -OCH3 is 1. The van der Waals surface area contributed by atoms with Gasteiger partial charge in [-0.3, -0.25) is 0 Å². The second-order valence-electron chi connectivity index (χ2n) is 4.51. The second-order valence-corrected chi connectivity index (χ2v) is 6.27. The number of ether oxygens (including phenoxy) is 1. The first-order valence-corrected chi connectivity index (χ1v) is 7.86. The summed E-state index contributed by atoms with van der Waals surface area (Å²) >= 11 is 0. The van der Waals surface area contributed by atoms with Crippen molar-refractivity contribution in [3.63, 3.8) is 0 Å². The Morgan fingerprint density at radius 1 is 1.18 bits per heavy atom. The molecule has 0 heterocycles. The van der Waals surface area contributed by atoms with Gasteiger partial charge in [0.1, 0.15) is 5.75 Å². The fourth-order valence-electron chi connectivity index (χ4n) is 1.83. The predicted molar refractivity (Wildman–Crippen MR) is 80.4 cm³/mol. The number of hydrogen-bond donors (Lipinski definition) is 2. The summed E-state index contributed by atoms with van der Waals surface area (Å²) in [4.78, 5) is 11.0. The summed E-state index contributed by atoms with van der Waals surface area (Å²) in [5, 5.41) is 8.91. The van der Waals surface area contributed by atoms with Crippen LogP contribution in [0.5, 0.6) is 5.75 Å². The van der Waals surface area contributed by atoms with Gasteiger partial charge < -0.3 is 9.84 Å². The molecule has 0 aromatic heterocycles. The van der Waals surface area contributed by atoms with Gasteiger partial charge in [-0.15, -0.1) is 0 Å². The van der Waals surface area contributed by atoms with E-state index >= 15 is 0 Å². The maximum atomic E-state index is 12.2. The third kappa shape index (κ3) is 3.84. The molecule has 0 saturated carbocycles. The Balaban J connectivity index is 2.12. The highest BCUT2D eigenvalue weighted by Gasteiger charge is 2.14. The summed E-state index contributed by atoms with van der Waals surface area (Å²) in [6, 6.07) is 12.1. The quantitative estimate of drug-likeness (QED) is 0.847. The zero-order valence-electron chi connectivity index (χ0n) is 11.8. The standard InChI is InChI=1S/C15H15NO5S/c1-21-13-5-7-14(8-6-13)22(19,20)16-10-11-3-2-4-12(9-11)15(17)18/h2-9,16H,10H2,1H3,(H,17,18). The van der Waals surface area contributed by atoms with Crippen LogP contribution in [0, 0.1) is 0 Å². The van der Waals surface area contributed by atoms with Crippen LogP contribution in [-0.4, -0.2) is 26.6 Å². The zero-order chi connectivity index (χ0) is 16.2. The molecule has 6 nitrogen and oxygen atoms in total. The first-order chi connectivity index (χ1) is 10.4. The van der Waals surface area contributed by atoms with Crippen LogP contribution in [0.3, 0.4) is 0 Å². The van der Waals surface area contributed by atoms with E-state index in [2.05, 4.69) is 4.72 Å². The van der Waals surface area contributed by atoms with E-state index in [9.17, 15) is 13.2 Å². The highest BCUT2D eigenvalue weighted by molar-refractivity contribution is 7.89. The average Bonchev–Trinajstić information content (AvgIpc) is 2.53. The van der Waals surface area contributed by atoms with Crippen LogP contribution in [0.4, 0.5) is 0 Å². The van der Waals surface area contributed by atoms with E-state index in [0.29, 0.717) is 11.3 Å². The molecule has 0 bridgehead atoms. The summed E-state index contributed by atoms with van der Waals surface area (Å²) in [6.45, 7) is 0.00941. The first-order valence-electron chi connectivity index (χ1n) is 6.38. The van der Waals surface area contributed by atoms with Gasteiger partial charge in [0.15, 0.2) is 0 Å². The fraction of sp³-hybridized carbons (Fsp3) is 0.133. The van der Waals surface area contributed by atoms with Crippen molar-refractivity contribution in [2.24, 2.45) is 0 Å². The molecule has 0 fully saturated rings. The van der Waals surface area contributed by atoms with Crippen molar-refractivity contribution in [2.45, 2.75) is 11.4 Å². The van der Waals surface area contributed by atoms with Crippen LogP contribution in [0.25, 0.3) is 0 Å². The maximum Gasteiger partial charge on any atom is 0.335 e. The number of hydrogen-bond acceptors (Lipinski definition) is 4. The molecule has 0 amide bonds. The lowest BCUT2D eigenvalue weighted by Gasteiger charge is -2.08. The number of aromatic carboxylic acids is 1. The van der Waals surface area contributed by atoms with E-state index in [1.807, 2.05) is 0 Å². The minimum Gasteiger partial charge on any atom is -0.497 e. The Morgan fingerprint density at radius 3 is 2.45 bits per heavy atom. The Labute approximate surface area is 128 Å². The largest absolute Gasteiger partial charge is 0.497 e. The summed E-state index contributed by atoms with van der Waals surface area (Å²) in [7, 11) is -2.17. The molecule has 0 atom stereocenters. The number of benzene rings is 2. The molecule has 116 valence electrons. The van der Waals surface area contributed by atoms with E-state index in [4.69, 9.17) is 9.84 Å². The predicted octanol–water partition coefficient (Wildman–Crippen LogP) is 1.87. The van der Waals surface area contributed by atoms with Crippen LogP contribution in [0.15, 0.2) is 53.4 Å². The lowest BCUT2D eigenvalue weighted by molar-refractivity contribution is 0.0696.